The van der Waals surface area contributed by atoms with Gasteiger partial charge in [0, 0.05) is 12.0 Å². The van der Waals surface area contributed by atoms with E-state index in [2.05, 4.69) is 26.5 Å². The number of sulfonamides is 1. The molecule has 2 aromatic heterocycles. The number of carboxylic acids is 1. The molecule has 2 heterocycles. The Morgan fingerprint density at radius 1 is 1.12 bits per heavy atom. The molecule has 0 aliphatic heterocycles. The number of H-pyrrole nitrogens is 1. The molecule has 3 N–H and O–H groups in total. The Labute approximate surface area is 187 Å². The van der Waals surface area contributed by atoms with Crippen LogP contribution < -0.4 is 4.72 Å². The Morgan fingerprint density at radius 3 is 2.59 bits per heavy atom. The van der Waals surface area contributed by atoms with E-state index in [9.17, 15) is 22.7 Å². The third-order valence-electron chi connectivity index (χ3n) is 4.45. The van der Waals surface area contributed by atoms with Crippen molar-refractivity contribution in [1.82, 2.24) is 14.7 Å². The summed E-state index contributed by atoms with van der Waals surface area (Å²) in [6.07, 6.45) is -0.147. The van der Waals surface area contributed by atoms with E-state index in [-0.39, 0.29) is 16.4 Å². The van der Waals surface area contributed by atoms with Crippen LogP contribution in [0.5, 0.6) is 0 Å². The minimum atomic E-state index is -4.09. The van der Waals surface area contributed by atoms with Crippen molar-refractivity contribution in [2.75, 3.05) is 0 Å². The van der Waals surface area contributed by atoms with Gasteiger partial charge in [-0.05, 0) is 48.5 Å². The zero-order valence-electron chi connectivity index (χ0n) is 16.4. The van der Waals surface area contributed by atoms with Crippen LogP contribution in [0.4, 0.5) is 4.39 Å². The molecule has 0 bridgehead atoms. The Kier molecular flexibility index (Phi) is 6.05. The highest BCUT2D eigenvalue weighted by Gasteiger charge is 2.27. The quantitative estimate of drug-likeness (QED) is 0.376. The first kappa shape index (κ1) is 21.7. The first-order valence-electron chi connectivity index (χ1n) is 9.36. The SMILES string of the molecule is O=C(O)[C@H](Cc1nc2ccccc2[nH]1)NS(=O)(=O)c1ccc(C#Cc2ccc(F)cc2)s1. The second-order valence-electron chi connectivity index (χ2n) is 6.79. The second-order valence-corrected chi connectivity index (χ2v) is 9.82. The molecule has 0 amide bonds. The lowest BCUT2D eigenvalue weighted by Crippen LogP contribution is -2.42. The predicted molar refractivity (Wildman–Crippen MR) is 118 cm³/mol. The number of carbonyl (C=O) groups is 1. The maximum absolute atomic E-state index is 13.0. The summed E-state index contributed by atoms with van der Waals surface area (Å²) in [4.78, 5) is 19.5. The molecule has 0 fully saturated rings. The third-order valence-corrected chi connectivity index (χ3v) is 7.42. The van der Waals surface area contributed by atoms with Crippen molar-refractivity contribution in [3.8, 4) is 11.8 Å². The molecule has 0 saturated carbocycles. The fraction of sp³-hybridized carbons (Fsp3) is 0.0909. The van der Waals surface area contributed by atoms with Gasteiger partial charge >= 0.3 is 5.97 Å². The number of aromatic nitrogens is 2. The Morgan fingerprint density at radius 2 is 1.88 bits per heavy atom. The largest absolute Gasteiger partial charge is 0.480 e. The van der Waals surface area contributed by atoms with Crippen molar-refractivity contribution in [3.63, 3.8) is 0 Å². The van der Waals surface area contributed by atoms with Gasteiger partial charge in [0.15, 0.2) is 0 Å². The summed E-state index contributed by atoms with van der Waals surface area (Å²) in [5, 5.41) is 9.54. The van der Waals surface area contributed by atoms with Gasteiger partial charge in [-0.3, -0.25) is 4.79 Å². The van der Waals surface area contributed by atoms with Gasteiger partial charge in [-0.1, -0.05) is 24.0 Å². The smallest absolute Gasteiger partial charge is 0.322 e. The molecule has 4 rings (SSSR count). The van der Waals surface area contributed by atoms with Gasteiger partial charge in [-0.2, -0.15) is 4.72 Å². The van der Waals surface area contributed by atoms with Gasteiger partial charge < -0.3 is 10.1 Å². The second kappa shape index (κ2) is 8.92. The highest BCUT2D eigenvalue weighted by Crippen LogP contribution is 2.22. The van der Waals surface area contributed by atoms with Crippen LogP contribution in [0.15, 0.2) is 64.9 Å². The molecule has 0 saturated heterocycles. The van der Waals surface area contributed by atoms with E-state index in [0.717, 1.165) is 16.9 Å². The molecule has 162 valence electrons. The van der Waals surface area contributed by atoms with E-state index in [1.54, 1.807) is 18.2 Å². The Bertz CT molecular complexity index is 1410. The first-order valence-corrected chi connectivity index (χ1v) is 11.7. The van der Waals surface area contributed by atoms with E-state index < -0.39 is 22.0 Å². The lowest BCUT2D eigenvalue weighted by atomic mass is 10.2. The van der Waals surface area contributed by atoms with E-state index in [4.69, 9.17) is 0 Å². The third kappa shape index (κ3) is 5.03. The number of halogens is 1. The standard InChI is InChI=1S/C22H16FN3O4S2/c23-15-8-5-14(6-9-15)7-10-16-11-12-21(31-16)32(29,30)26-19(22(27)28)13-20-24-17-3-1-2-4-18(17)25-20/h1-6,8-9,11-12,19,26H,13H2,(H,24,25)(H,27,28)/t19-/m0/s1. The number of fused-ring (bicyclic) bond motifs is 1. The van der Waals surface area contributed by atoms with Crippen LogP contribution in [-0.4, -0.2) is 35.5 Å². The maximum Gasteiger partial charge on any atom is 0.322 e. The number of rotatable bonds is 6. The monoisotopic (exact) mass is 469 g/mol. The molecule has 2 aromatic carbocycles. The summed E-state index contributed by atoms with van der Waals surface area (Å²) in [5.74, 6) is 4.32. The van der Waals surface area contributed by atoms with Gasteiger partial charge in [0.05, 0.1) is 15.9 Å². The molecule has 0 spiro atoms. The van der Waals surface area contributed by atoms with Crippen LogP contribution in [0.2, 0.25) is 0 Å². The average molecular weight is 470 g/mol. The molecule has 7 nitrogen and oxygen atoms in total. The summed E-state index contributed by atoms with van der Waals surface area (Å²) >= 11 is 0.912. The topological polar surface area (TPSA) is 112 Å². The van der Waals surface area contributed by atoms with Gasteiger partial charge in [0.1, 0.15) is 21.9 Å². The summed E-state index contributed by atoms with van der Waals surface area (Å²) in [6, 6.07) is 14.3. The van der Waals surface area contributed by atoms with Crippen LogP contribution in [0, 0.1) is 17.7 Å². The van der Waals surface area contributed by atoms with E-state index >= 15 is 0 Å². The molecule has 1 atom stereocenters. The van der Waals surface area contributed by atoms with Gasteiger partial charge in [0.25, 0.3) is 10.0 Å². The van der Waals surface area contributed by atoms with Crippen LogP contribution >= 0.6 is 11.3 Å². The number of aromatic amines is 1. The summed E-state index contributed by atoms with van der Waals surface area (Å²) < 4.78 is 40.6. The van der Waals surface area contributed by atoms with Crippen molar-refractivity contribution in [3.05, 3.63) is 82.7 Å². The highest BCUT2D eigenvalue weighted by atomic mass is 32.2. The van der Waals surface area contributed by atoms with Crippen molar-refractivity contribution in [2.45, 2.75) is 16.7 Å². The number of aliphatic carboxylic acids is 1. The summed E-state index contributed by atoms with van der Waals surface area (Å²) in [6.45, 7) is 0. The van der Waals surface area contributed by atoms with E-state index in [1.807, 2.05) is 6.07 Å². The highest BCUT2D eigenvalue weighted by molar-refractivity contribution is 7.91. The number of thiophene rings is 1. The minimum Gasteiger partial charge on any atom is -0.480 e. The number of nitrogens with one attached hydrogen (secondary N) is 2. The number of hydrogen-bond acceptors (Lipinski definition) is 5. The normalized spacial score (nSPS) is 12.3. The Balaban J connectivity index is 1.50. The van der Waals surface area contributed by atoms with Crippen LogP contribution in [-0.2, 0) is 21.2 Å². The van der Waals surface area contributed by atoms with Gasteiger partial charge in [-0.15, -0.1) is 11.3 Å². The number of benzene rings is 2. The average Bonchev–Trinajstić information content (AvgIpc) is 3.39. The van der Waals surface area contributed by atoms with Crippen molar-refractivity contribution in [2.24, 2.45) is 0 Å². The van der Waals surface area contributed by atoms with E-state index in [1.165, 1.54) is 36.4 Å². The lowest BCUT2D eigenvalue weighted by molar-refractivity contribution is -0.138. The van der Waals surface area contributed by atoms with Crippen molar-refractivity contribution >= 4 is 38.4 Å². The van der Waals surface area contributed by atoms with E-state index in [0.29, 0.717) is 21.8 Å². The number of nitrogens with zero attached hydrogens (tertiary/aromatic N) is 1. The van der Waals surface area contributed by atoms with Crippen LogP contribution in [0.1, 0.15) is 16.3 Å². The fourth-order valence-electron chi connectivity index (χ4n) is 2.92. The maximum atomic E-state index is 13.0. The minimum absolute atomic E-state index is 0.0586. The van der Waals surface area contributed by atoms with Gasteiger partial charge in [0.2, 0.25) is 0 Å². The lowest BCUT2D eigenvalue weighted by Gasteiger charge is -2.12. The zero-order valence-corrected chi connectivity index (χ0v) is 18.0. The molecule has 10 heteroatoms. The Hall–Kier alpha value is -3.52. The molecule has 0 unspecified atom stereocenters. The summed E-state index contributed by atoms with van der Waals surface area (Å²) in [5.41, 5.74) is 1.98. The molecule has 0 radical (unpaired) electrons. The zero-order chi connectivity index (χ0) is 22.7. The number of carboxylic acid groups (broad SMARTS) is 1. The summed E-state index contributed by atoms with van der Waals surface area (Å²) in [7, 11) is -4.09. The predicted octanol–water partition coefficient (Wildman–Crippen LogP) is 3.14. The fourth-order valence-corrected chi connectivity index (χ4v) is 5.28. The number of imidazole rings is 1. The molecule has 0 aliphatic rings. The van der Waals surface area contributed by atoms with Crippen LogP contribution in [0.25, 0.3) is 11.0 Å². The number of hydrogen-bond donors (Lipinski definition) is 3. The molecular weight excluding hydrogens is 453 g/mol. The molecule has 0 aliphatic carbocycles. The first-order chi connectivity index (χ1) is 15.3. The molecule has 4 aromatic rings. The van der Waals surface area contributed by atoms with Crippen molar-refractivity contribution < 1.29 is 22.7 Å². The molecule has 32 heavy (non-hydrogen) atoms. The molecular formula is C22H16FN3O4S2. The van der Waals surface area contributed by atoms with Gasteiger partial charge in [-0.25, -0.2) is 17.8 Å². The van der Waals surface area contributed by atoms with Crippen LogP contribution in [0.3, 0.4) is 0 Å². The van der Waals surface area contributed by atoms with Crippen molar-refractivity contribution in [1.29, 1.82) is 0 Å². The number of para-hydroxylation sites is 2.